The number of piperidine rings is 1. The van der Waals surface area contributed by atoms with Gasteiger partial charge in [0.1, 0.15) is 5.01 Å². The van der Waals surface area contributed by atoms with Crippen molar-refractivity contribution in [2.45, 2.75) is 80.1 Å². The summed E-state index contributed by atoms with van der Waals surface area (Å²) in [5.74, 6) is -0.435. The van der Waals surface area contributed by atoms with E-state index >= 15 is 0 Å². The monoisotopic (exact) mass is 529 g/mol. The van der Waals surface area contributed by atoms with E-state index in [0.717, 1.165) is 44.3 Å². The van der Waals surface area contributed by atoms with Crippen LogP contribution in [-0.2, 0) is 11.3 Å². The molecule has 3 atom stereocenters. The molecule has 1 N–H and O–H groups in total. The van der Waals surface area contributed by atoms with Crippen molar-refractivity contribution >= 4 is 17.3 Å². The van der Waals surface area contributed by atoms with E-state index < -0.39 is 18.8 Å². The summed E-state index contributed by atoms with van der Waals surface area (Å²) in [4.78, 5) is 20.9. The van der Waals surface area contributed by atoms with Crippen molar-refractivity contribution in [3.8, 4) is 16.5 Å². The molecule has 10 heteroatoms. The first-order valence-corrected chi connectivity index (χ1v) is 12.9. The van der Waals surface area contributed by atoms with E-state index in [4.69, 9.17) is 9.90 Å². The normalized spacial score (nSPS) is 21.6. The average molecular weight is 530 g/mol. The number of alkyl halides is 3. The van der Waals surface area contributed by atoms with Gasteiger partial charge in [-0.2, -0.15) is 8.78 Å². The van der Waals surface area contributed by atoms with Crippen molar-refractivity contribution in [1.29, 1.82) is 0 Å². The number of pyridine rings is 1. The molecule has 0 aliphatic carbocycles. The number of carbonyl (C=O) groups is 1. The number of carboxylic acids is 1. The largest absolute Gasteiger partial charge is 0.481 e. The third kappa shape index (κ3) is 9.69. The number of ether oxygens (including phenoxy) is 1. The Hall–Kier alpha value is -2.20. The summed E-state index contributed by atoms with van der Waals surface area (Å²) >= 11 is 1.47. The number of aliphatic carboxylic acids is 1. The molecule has 0 aromatic carbocycles. The SMILES string of the molecule is CC(=O)O.CC(F)CC[C@@]1(C)CC(C(C)(C)C)CN(Cc2cnc(-c3cccnc3OC(F)F)s2)C1. The minimum atomic E-state index is -2.93. The Balaban J connectivity index is 0.00000106. The van der Waals surface area contributed by atoms with Crippen LogP contribution in [0.2, 0.25) is 0 Å². The fourth-order valence-electron chi connectivity index (χ4n) is 4.53. The Bertz CT molecular complexity index is 977. The van der Waals surface area contributed by atoms with Gasteiger partial charge in [0, 0.05) is 43.8 Å². The lowest BCUT2D eigenvalue weighted by atomic mass is 9.66. The molecule has 0 radical (unpaired) electrons. The Kier molecular flexibility index (Phi) is 10.7. The van der Waals surface area contributed by atoms with Gasteiger partial charge in [-0.15, -0.1) is 11.3 Å². The summed E-state index contributed by atoms with van der Waals surface area (Å²) in [7, 11) is 0. The molecule has 2 aromatic rings. The predicted molar refractivity (Wildman–Crippen MR) is 136 cm³/mol. The lowest BCUT2D eigenvalue weighted by molar-refractivity contribution is -0.134. The number of thiazole rings is 1. The van der Waals surface area contributed by atoms with E-state index in [-0.39, 0.29) is 16.7 Å². The first kappa shape index (κ1) is 30.0. The molecule has 2 aromatic heterocycles. The molecule has 6 nitrogen and oxygen atoms in total. The number of carboxylic acid groups (broad SMARTS) is 1. The van der Waals surface area contributed by atoms with Crippen LogP contribution in [0.25, 0.3) is 10.6 Å². The van der Waals surface area contributed by atoms with Crippen LogP contribution in [-0.4, -0.2) is 51.8 Å². The molecule has 36 heavy (non-hydrogen) atoms. The van der Waals surface area contributed by atoms with Crippen LogP contribution in [0.15, 0.2) is 24.5 Å². The number of nitrogens with zero attached hydrogens (tertiary/aromatic N) is 3. The molecule has 0 bridgehead atoms. The Morgan fingerprint density at radius 2 is 2.00 bits per heavy atom. The molecule has 202 valence electrons. The third-order valence-corrected chi connectivity index (χ3v) is 7.34. The molecular weight excluding hydrogens is 491 g/mol. The number of likely N-dealkylation sites (tertiary alicyclic amines) is 1. The second-order valence-corrected chi connectivity index (χ2v) is 12.1. The molecule has 1 saturated heterocycles. The van der Waals surface area contributed by atoms with Gasteiger partial charge < -0.3 is 9.84 Å². The Morgan fingerprint density at radius 1 is 1.33 bits per heavy atom. The van der Waals surface area contributed by atoms with E-state index in [0.29, 0.717) is 22.9 Å². The second kappa shape index (κ2) is 12.9. The van der Waals surface area contributed by atoms with Crippen molar-refractivity contribution in [2.24, 2.45) is 16.7 Å². The minimum absolute atomic E-state index is 0.0612. The van der Waals surface area contributed by atoms with Crippen LogP contribution in [0.5, 0.6) is 5.88 Å². The average Bonchev–Trinajstić information content (AvgIpc) is 3.19. The summed E-state index contributed by atoms with van der Waals surface area (Å²) in [5.41, 5.74) is 0.695. The number of rotatable bonds is 8. The van der Waals surface area contributed by atoms with Gasteiger partial charge in [0.25, 0.3) is 5.97 Å². The van der Waals surface area contributed by atoms with Gasteiger partial charge in [0.2, 0.25) is 5.88 Å². The van der Waals surface area contributed by atoms with Crippen LogP contribution in [0.4, 0.5) is 13.2 Å². The molecular formula is C26H38F3N3O3S. The van der Waals surface area contributed by atoms with Crippen LogP contribution < -0.4 is 4.74 Å². The highest BCUT2D eigenvalue weighted by Gasteiger charge is 2.40. The van der Waals surface area contributed by atoms with Gasteiger partial charge in [-0.05, 0) is 55.1 Å². The number of hydrogen-bond donors (Lipinski definition) is 1. The number of hydrogen-bond acceptors (Lipinski definition) is 6. The smallest absolute Gasteiger partial charge is 0.388 e. The van der Waals surface area contributed by atoms with Gasteiger partial charge in [-0.25, -0.2) is 14.4 Å². The van der Waals surface area contributed by atoms with Crippen LogP contribution in [0.1, 0.15) is 65.7 Å². The number of aromatic nitrogens is 2. The highest BCUT2D eigenvalue weighted by atomic mass is 32.1. The number of halogens is 3. The van der Waals surface area contributed by atoms with Crippen LogP contribution in [0.3, 0.4) is 0 Å². The topological polar surface area (TPSA) is 75.5 Å². The van der Waals surface area contributed by atoms with Gasteiger partial charge in [-0.1, -0.05) is 27.7 Å². The standard InChI is InChI=1S/C24H34F3N3OS.C2H4O2/c1-16(25)8-9-24(5)11-17(23(2,3)4)13-30(15-24)14-18-12-29-21(32-18)19-7-6-10-28-20(19)31-22(26)27;1-2(3)4/h6-7,10,12,16-17,22H,8-9,11,13-15H2,1-5H3;1H3,(H,3,4)/t16?,17?,24-;/m0./s1. The first-order valence-electron chi connectivity index (χ1n) is 12.1. The van der Waals surface area contributed by atoms with E-state index in [1.165, 1.54) is 17.5 Å². The Labute approximate surface area is 215 Å². The highest BCUT2D eigenvalue weighted by molar-refractivity contribution is 7.15. The molecule has 0 amide bonds. The van der Waals surface area contributed by atoms with Gasteiger partial charge in [0.15, 0.2) is 0 Å². The summed E-state index contributed by atoms with van der Waals surface area (Å²) in [5, 5.41) is 8.03. The second-order valence-electron chi connectivity index (χ2n) is 11.0. The molecule has 3 heterocycles. The quantitative estimate of drug-likeness (QED) is 0.400. The van der Waals surface area contributed by atoms with Crippen molar-refractivity contribution in [2.75, 3.05) is 13.1 Å². The van der Waals surface area contributed by atoms with Crippen molar-refractivity contribution in [3.63, 3.8) is 0 Å². The minimum Gasteiger partial charge on any atom is -0.481 e. The summed E-state index contributed by atoms with van der Waals surface area (Å²) < 4.78 is 43.6. The fraction of sp³-hybridized carbons (Fsp3) is 0.654. The van der Waals surface area contributed by atoms with Crippen LogP contribution >= 0.6 is 11.3 Å². The van der Waals surface area contributed by atoms with Crippen molar-refractivity contribution in [1.82, 2.24) is 14.9 Å². The van der Waals surface area contributed by atoms with Crippen LogP contribution in [0, 0.1) is 16.7 Å². The molecule has 1 aliphatic rings. The lowest BCUT2D eigenvalue weighted by Gasteiger charge is -2.48. The van der Waals surface area contributed by atoms with Gasteiger partial charge in [0.05, 0.1) is 11.7 Å². The zero-order valence-electron chi connectivity index (χ0n) is 21.9. The summed E-state index contributed by atoms with van der Waals surface area (Å²) in [6.07, 6.45) is 4.99. The Morgan fingerprint density at radius 3 is 2.58 bits per heavy atom. The van der Waals surface area contributed by atoms with E-state index in [1.807, 2.05) is 0 Å². The van der Waals surface area contributed by atoms with E-state index in [9.17, 15) is 13.2 Å². The molecule has 1 aliphatic heterocycles. The maximum Gasteiger partial charge on any atom is 0.388 e. The van der Waals surface area contributed by atoms with Gasteiger partial charge in [-0.3, -0.25) is 9.69 Å². The molecule has 2 unspecified atom stereocenters. The fourth-order valence-corrected chi connectivity index (χ4v) is 5.50. The molecule has 0 saturated carbocycles. The van der Waals surface area contributed by atoms with Gasteiger partial charge >= 0.3 is 6.61 Å². The summed E-state index contributed by atoms with van der Waals surface area (Å²) in [6.45, 7) is 11.5. The zero-order valence-corrected chi connectivity index (χ0v) is 22.7. The molecule has 3 rings (SSSR count). The van der Waals surface area contributed by atoms with E-state index in [1.54, 1.807) is 25.3 Å². The van der Waals surface area contributed by atoms with E-state index in [2.05, 4.69) is 47.3 Å². The maximum absolute atomic E-state index is 13.6. The predicted octanol–water partition coefficient (Wildman–Crippen LogP) is 6.91. The third-order valence-electron chi connectivity index (χ3n) is 6.33. The lowest BCUT2D eigenvalue weighted by Crippen LogP contribution is -2.49. The highest BCUT2D eigenvalue weighted by Crippen LogP contribution is 2.44. The first-order chi connectivity index (χ1) is 16.7. The maximum atomic E-state index is 13.6. The van der Waals surface area contributed by atoms with Crippen molar-refractivity contribution < 1.29 is 27.8 Å². The summed E-state index contributed by atoms with van der Waals surface area (Å²) in [6, 6.07) is 3.38. The zero-order chi connectivity index (χ0) is 27.1. The molecule has 1 fully saturated rings. The van der Waals surface area contributed by atoms with Crippen molar-refractivity contribution in [3.05, 3.63) is 29.4 Å². The molecule has 0 spiro atoms.